The summed E-state index contributed by atoms with van der Waals surface area (Å²) < 4.78 is 5.22. The second kappa shape index (κ2) is 7.04. The van der Waals surface area contributed by atoms with Gasteiger partial charge >= 0.3 is 5.97 Å². The standard InChI is InChI=1S/C16H26O3Si/c1-6-19-16(18)15(14(17)12(2)3)20(4,5)13-10-8-7-9-11-13/h7-12,14-15,17H,6H2,1-5H3/t14-,15-/m1/s1. The zero-order valence-corrected chi connectivity index (χ0v) is 14.1. The van der Waals surface area contributed by atoms with Crippen LogP contribution in [0.25, 0.3) is 0 Å². The highest BCUT2D eigenvalue weighted by Crippen LogP contribution is 2.31. The van der Waals surface area contributed by atoms with E-state index >= 15 is 0 Å². The highest BCUT2D eigenvalue weighted by molar-refractivity contribution is 6.93. The summed E-state index contributed by atoms with van der Waals surface area (Å²) in [4.78, 5) is 12.4. The Labute approximate surface area is 123 Å². The van der Waals surface area contributed by atoms with E-state index < -0.39 is 19.7 Å². The van der Waals surface area contributed by atoms with Crippen LogP contribution in [0.3, 0.4) is 0 Å². The van der Waals surface area contributed by atoms with E-state index in [1.54, 1.807) is 6.92 Å². The van der Waals surface area contributed by atoms with E-state index in [1.807, 2.05) is 44.2 Å². The largest absolute Gasteiger partial charge is 0.466 e. The third-order valence-electron chi connectivity index (χ3n) is 3.86. The van der Waals surface area contributed by atoms with E-state index in [2.05, 4.69) is 13.1 Å². The lowest BCUT2D eigenvalue weighted by Gasteiger charge is -2.36. The summed E-state index contributed by atoms with van der Waals surface area (Å²) in [5, 5.41) is 11.7. The maximum atomic E-state index is 12.4. The molecule has 0 spiro atoms. The predicted molar refractivity (Wildman–Crippen MR) is 84.8 cm³/mol. The summed E-state index contributed by atoms with van der Waals surface area (Å²) in [5.74, 6) is -0.242. The van der Waals surface area contributed by atoms with Crippen LogP contribution in [-0.4, -0.2) is 31.9 Å². The Balaban J connectivity index is 3.18. The molecule has 0 saturated carbocycles. The molecule has 112 valence electrons. The summed E-state index contributed by atoms with van der Waals surface area (Å²) in [7, 11) is -2.16. The van der Waals surface area contributed by atoms with Gasteiger partial charge in [0.15, 0.2) is 0 Å². The molecule has 0 unspecified atom stereocenters. The number of carbonyl (C=O) groups is 1. The molecule has 0 amide bonds. The minimum atomic E-state index is -2.16. The molecule has 2 atom stereocenters. The molecule has 0 aliphatic carbocycles. The molecule has 0 fully saturated rings. The number of benzene rings is 1. The van der Waals surface area contributed by atoms with Crippen molar-refractivity contribution < 1.29 is 14.6 Å². The number of hydrogen-bond donors (Lipinski definition) is 1. The van der Waals surface area contributed by atoms with Gasteiger partial charge in [-0.1, -0.05) is 62.5 Å². The summed E-state index contributed by atoms with van der Waals surface area (Å²) in [6.07, 6.45) is -0.670. The van der Waals surface area contributed by atoms with Crippen molar-refractivity contribution in [3.63, 3.8) is 0 Å². The fourth-order valence-corrected chi connectivity index (χ4v) is 5.85. The number of rotatable bonds is 6. The van der Waals surface area contributed by atoms with E-state index in [4.69, 9.17) is 4.74 Å². The van der Waals surface area contributed by atoms with Gasteiger partial charge in [-0.05, 0) is 12.8 Å². The first kappa shape index (κ1) is 16.9. The van der Waals surface area contributed by atoms with Gasteiger partial charge in [0.05, 0.1) is 26.3 Å². The molecule has 0 heterocycles. The lowest BCUT2D eigenvalue weighted by Crippen LogP contribution is -2.54. The maximum Gasteiger partial charge on any atom is 0.309 e. The number of esters is 1. The van der Waals surface area contributed by atoms with Gasteiger partial charge < -0.3 is 9.84 Å². The van der Waals surface area contributed by atoms with Gasteiger partial charge in [-0.3, -0.25) is 4.79 Å². The van der Waals surface area contributed by atoms with Gasteiger partial charge in [-0.25, -0.2) is 0 Å². The lowest BCUT2D eigenvalue weighted by atomic mass is 10.0. The van der Waals surface area contributed by atoms with Crippen LogP contribution < -0.4 is 5.19 Å². The van der Waals surface area contributed by atoms with E-state index in [-0.39, 0.29) is 11.9 Å². The topological polar surface area (TPSA) is 46.5 Å². The van der Waals surface area contributed by atoms with Crippen LogP contribution in [0.4, 0.5) is 0 Å². The van der Waals surface area contributed by atoms with Crippen LogP contribution in [0.15, 0.2) is 30.3 Å². The molecule has 0 saturated heterocycles. The Morgan fingerprint density at radius 3 is 2.25 bits per heavy atom. The monoisotopic (exact) mass is 294 g/mol. The van der Waals surface area contributed by atoms with Crippen molar-refractivity contribution >= 4 is 19.2 Å². The van der Waals surface area contributed by atoms with E-state index in [0.29, 0.717) is 6.61 Å². The Morgan fingerprint density at radius 2 is 1.80 bits per heavy atom. The second-order valence-electron chi connectivity index (χ2n) is 6.05. The molecule has 4 heteroatoms. The summed E-state index contributed by atoms with van der Waals surface area (Å²) >= 11 is 0. The first-order chi connectivity index (χ1) is 9.32. The van der Waals surface area contributed by atoms with Crippen molar-refractivity contribution in [2.45, 2.75) is 45.5 Å². The van der Waals surface area contributed by atoms with Crippen LogP contribution >= 0.6 is 0 Å². The molecule has 1 N–H and O–H groups in total. The first-order valence-electron chi connectivity index (χ1n) is 7.22. The Morgan fingerprint density at radius 1 is 1.25 bits per heavy atom. The molecule has 0 radical (unpaired) electrons. The molecular weight excluding hydrogens is 268 g/mol. The van der Waals surface area contributed by atoms with E-state index in [1.165, 1.54) is 0 Å². The molecule has 1 rings (SSSR count). The molecule has 0 bridgehead atoms. The molecule has 20 heavy (non-hydrogen) atoms. The molecule has 3 nitrogen and oxygen atoms in total. The summed E-state index contributed by atoms with van der Waals surface area (Å²) in [5.41, 5.74) is -0.440. The van der Waals surface area contributed by atoms with Gasteiger partial charge in [-0.15, -0.1) is 0 Å². The van der Waals surface area contributed by atoms with Crippen LogP contribution in [-0.2, 0) is 9.53 Å². The van der Waals surface area contributed by atoms with Gasteiger partial charge in [0.1, 0.15) is 0 Å². The Hall–Kier alpha value is -1.13. The average molecular weight is 294 g/mol. The van der Waals surface area contributed by atoms with E-state index in [9.17, 15) is 9.90 Å². The SMILES string of the molecule is CCOC(=O)[C@@H]([C@H](O)C(C)C)[Si](C)(C)c1ccccc1. The van der Waals surface area contributed by atoms with Crippen molar-refractivity contribution in [3.05, 3.63) is 30.3 Å². The predicted octanol–water partition coefficient (Wildman–Crippen LogP) is 2.55. The fourth-order valence-electron chi connectivity index (χ4n) is 2.53. The fraction of sp³-hybridized carbons (Fsp3) is 0.562. The minimum Gasteiger partial charge on any atom is -0.466 e. The highest BCUT2D eigenvalue weighted by Gasteiger charge is 2.45. The van der Waals surface area contributed by atoms with Gasteiger partial charge in [-0.2, -0.15) is 0 Å². The number of aliphatic hydroxyl groups is 1. The summed E-state index contributed by atoms with van der Waals surface area (Å²) in [6.45, 7) is 10.3. The smallest absolute Gasteiger partial charge is 0.309 e. The number of hydrogen-bond acceptors (Lipinski definition) is 3. The number of carbonyl (C=O) groups excluding carboxylic acids is 1. The zero-order chi connectivity index (χ0) is 15.3. The van der Waals surface area contributed by atoms with Crippen molar-refractivity contribution in [2.24, 2.45) is 5.92 Å². The van der Waals surface area contributed by atoms with Crippen molar-refractivity contribution in [1.29, 1.82) is 0 Å². The van der Waals surface area contributed by atoms with Gasteiger partial charge in [0.25, 0.3) is 0 Å². The number of aliphatic hydroxyl groups excluding tert-OH is 1. The zero-order valence-electron chi connectivity index (χ0n) is 13.1. The molecule has 0 aliphatic rings. The van der Waals surface area contributed by atoms with Crippen molar-refractivity contribution in [2.75, 3.05) is 6.61 Å². The Kier molecular flexibility index (Phi) is 5.96. The van der Waals surface area contributed by atoms with Crippen molar-refractivity contribution in [3.8, 4) is 0 Å². The maximum absolute atomic E-state index is 12.4. The van der Waals surface area contributed by atoms with Crippen LogP contribution in [0.1, 0.15) is 20.8 Å². The van der Waals surface area contributed by atoms with Crippen LogP contribution in [0.2, 0.25) is 18.6 Å². The van der Waals surface area contributed by atoms with Crippen LogP contribution in [0.5, 0.6) is 0 Å². The first-order valence-corrected chi connectivity index (χ1v) is 10.3. The van der Waals surface area contributed by atoms with Crippen LogP contribution in [0, 0.1) is 5.92 Å². The Bertz CT molecular complexity index is 429. The third kappa shape index (κ3) is 3.70. The van der Waals surface area contributed by atoms with E-state index in [0.717, 1.165) is 5.19 Å². The third-order valence-corrected chi connectivity index (χ3v) is 7.81. The quantitative estimate of drug-likeness (QED) is 0.648. The van der Waals surface area contributed by atoms with Crippen molar-refractivity contribution in [1.82, 2.24) is 0 Å². The van der Waals surface area contributed by atoms with Gasteiger partial charge in [0, 0.05) is 0 Å². The molecular formula is C16H26O3Si. The molecule has 0 aromatic heterocycles. The average Bonchev–Trinajstić information content (AvgIpc) is 2.39. The van der Waals surface area contributed by atoms with Gasteiger partial charge in [0.2, 0.25) is 0 Å². The number of ether oxygens (including phenoxy) is 1. The molecule has 1 aromatic rings. The normalized spacial score (nSPS) is 14.9. The molecule has 1 aromatic carbocycles. The summed E-state index contributed by atoms with van der Waals surface area (Å²) in [6, 6.07) is 10.0. The second-order valence-corrected chi connectivity index (χ2v) is 10.7. The molecule has 0 aliphatic heterocycles. The highest BCUT2D eigenvalue weighted by atomic mass is 28.3. The minimum absolute atomic E-state index is 0.0277. The lowest BCUT2D eigenvalue weighted by molar-refractivity contribution is -0.146.